The van der Waals surface area contributed by atoms with Crippen molar-refractivity contribution < 1.29 is 13.2 Å². The summed E-state index contributed by atoms with van der Waals surface area (Å²) in [5.41, 5.74) is 0. The lowest BCUT2D eigenvalue weighted by atomic mass is 9.93. The summed E-state index contributed by atoms with van der Waals surface area (Å²) in [6, 6.07) is 6.51. The van der Waals surface area contributed by atoms with Crippen molar-refractivity contribution in [3.63, 3.8) is 0 Å². The second-order valence-electron chi connectivity index (χ2n) is 7.95. The zero-order valence-corrected chi connectivity index (χ0v) is 16.3. The molecule has 4 atom stereocenters. The third kappa shape index (κ3) is 3.51. The largest absolute Gasteiger partial charge is 0.353 e. The number of halogens is 1. The summed E-state index contributed by atoms with van der Waals surface area (Å²) in [5, 5.41) is 3.73. The average Bonchev–Trinajstić information content (AvgIpc) is 3.25. The molecule has 3 fully saturated rings. The quantitative estimate of drug-likeness (QED) is 0.850. The van der Waals surface area contributed by atoms with E-state index in [2.05, 4.69) is 5.32 Å². The van der Waals surface area contributed by atoms with Crippen LogP contribution in [-0.4, -0.2) is 37.8 Å². The molecule has 1 heterocycles. The molecule has 2 saturated carbocycles. The third-order valence-corrected chi connectivity index (χ3v) is 8.40. The fourth-order valence-electron chi connectivity index (χ4n) is 4.85. The summed E-state index contributed by atoms with van der Waals surface area (Å²) in [6.45, 7) is 0.723. The summed E-state index contributed by atoms with van der Waals surface area (Å²) in [4.78, 5) is 13.0. The predicted octanol–water partition coefficient (Wildman–Crippen LogP) is 3.05. The summed E-state index contributed by atoms with van der Waals surface area (Å²) in [6.07, 6.45) is 6.31. The highest BCUT2D eigenvalue weighted by molar-refractivity contribution is 7.89. The van der Waals surface area contributed by atoms with Gasteiger partial charge in [0.1, 0.15) is 0 Å². The first-order valence-electron chi connectivity index (χ1n) is 9.49. The zero-order valence-electron chi connectivity index (χ0n) is 14.7. The molecule has 1 aromatic carbocycles. The molecule has 7 heteroatoms. The number of nitrogens with zero attached hydrogens (tertiary/aromatic N) is 1. The summed E-state index contributed by atoms with van der Waals surface area (Å²) in [5.74, 6) is 1.17. The first kappa shape index (κ1) is 18.3. The third-order valence-electron chi connectivity index (χ3n) is 6.27. The smallest absolute Gasteiger partial charge is 0.243 e. The number of piperidine rings is 1. The predicted molar refractivity (Wildman–Crippen MR) is 100 cm³/mol. The molecule has 1 saturated heterocycles. The van der Waals surface area contributed by atoms with Crippen LogP contribution >= 0.6 is 11.6 Å². The number of nitrogens with one attached hydrogen (secondary N) is 1. The Balaban J connectivity index is 1.42. The maximum absolute atomic E-state index is 12.9. The van der Waals surface area contributed by atoms with Crippen molar-refractivity contribution >= 4 is 27.5 Å². The van der Waals surface area contributed by atoms with Gasteiger partial charge in [-0.15, -0.1) is 0 Å². The van der Waals surface area contributed by atoms with E-state index in [0.717, 1.165) is 18.8 Å². The van der Waals surface area contributed by atoms with Gasteiger partial charge in [-0.05, 0) is 68.2 Å². The molecular weight excluding hydrogens is 372 g/mol. The maximum atomic E-state index is 12.9. The number of carbonyl (C=O) groups is 1. The Morgan fingerprint density at radius 3 is 2.54 bits per heavy atom. The molecule has 1 aromatic rings. The van der Waals surface area contributed by atoms with Crippen molar-refractivity contribution in [2.24, 2.45) is 17.8 Å². The summed E-state index contributed by atoms with van der Waals surface area (Å²) >= 11 is 5.86. The molecule has 3 aliphatic rings. The van der Waals surface area contributed by atoms with Gasteiger partial charge in [-0.1, -0.05) is 18.0 Å². The number of carbonyl (C=O) groups excluding carboxylic acids is 1. The van der Waals surface area contributed by atoms with E-state index < -0.39 is 10.0 Å². The molecule has 1 N–H and O–H groups in total. The number of hydrogen-bond acceptors (Lipinski definition) is 3. The van der Waals surface area contributed by atoms with Gasteiger partial charge < -0.3 is 5.32 Å². The molecule has 0 spiro atoms. The molecule has 2 bridgehead atoms. The van der Waals surface area contributed by atoms with Gasteiger partial charge in [-0.2, -0.15) is 4.31 Å². The van der Waals surface area contributed by atoms with E-state index in [0.29, 0.717) is 29.9 Å². The monoisotopic (exact) mass is 396 g/mol. The molecule has 1 amide bonds. The second-order valence-corrected chi connectivity index (χ2v) is 10.3. The van der Waals surface area contributed by atoms with Crippen LogP contribution in [-0.2, 0) is 14.8 Å². The van der Waals surface area contributed by atoms with Crippen LogP contribution in [0.25, 0.3) is 0 Å². The van der Waals surface area contributed by atoms with E-state index in [9.17, 15) is 13.2 Å². The summed E-state index contributed by atoms with van der Waals surface area (Å²) < 4.78 is 27.2. The van der Waals surface area contributed by atoms with Crippen LogP contribution in [0.4, 0.5) is 0 Å². The first-order chi connectivity index (χ1) is 12.4. The van der Waals surface area contributed by atoms with Crippen molar-refractivity contribution in [1.82, 2.24) is 9.62 Å². The standard InChI is InChI=1S/C19H25ClN2O3S/c20-16-5-7-17(8-6-16)26(24,25)22-9-1-2-15(12-22)19(23)21-18-11-13-3-4-14(18)10-13/h5-8,13-15,18H,1-4,9-12H2,(H,21,23)/t13-,14-,15+,18+/m0/s1. The molecule has 142 valence electrons. The fourth-order valence-corrected chi connectivity index (χ4v) is 6.50. The van der Waals surface area contributed by atoms with E-state index in [1.165, 1.54) is 35.7 Å². The Morgan fingerprint density at radius 2 is 1.88 bits per heavy atom. The maximum Gasteiger partial charge on any atom is 0.243 e. The van der Waals surface area contributed by atoms with Gasteiger partial charge in [0.15, 0.2) is 0 Å². The first-order valence-corrected chi connectivity index (χ1v) is 11.3. The Labute approximate surface area is 160 Å². The molecular formula is C19H25ClN2O3S. The zero-order chi connectivity index (χ0) is 18.3. The molecule has 0 radical (unpaired) electrons. The lowest BCUT2D eigenvalue weighted by molar-refractivity contribution is -0.127. The molecule has 0 aromatic heterocycles. The van der Waals surface area contributed by atoms with Crippen molar-refractivity contribution in [3.8, 4) is 0 Å². The Kier molecular flexibility index (Phi) is 5.01. The SMILES string of the molecule is O=C(N[C@@H]1C[C@H]2CC[C@H]1C2)[C@@H]1CCCN(S(=O)(=O)c2ccc(Cl)cc2)C1. The lowest BCUT2D eigenvalue weighted by Crippen LogP contribution is -2.48. The minimum absolute atomic E-state index is 0.0264. The van der Waals surface area contributed by atoms with E-state index >= 15 is 0 Å². The Hall–Kier alpha value is -1.11. The van der Waals surface area contributed by atoms with E-state index in [-0.39, 0.29) is 23.3 Å². The molecule has 26 heavy (non-hydrogen) atoms. The van der Waals surface area contributed by atoms with Crippen LogP contribution in [0.3, 0.4) is 0 Å². The average molecular weight is 397 g/mol. The normalized spacial score (nSPS) is 31.9. The van der Waals surface area contributed by atoms with Crippen LogP contribution < -0.4 is 5.32 Å². The molecule has 2 aliphatic carbocycles. The van der Waals surface area contributed by atoms with Crippen molar-refractivity contribution in [3.05, 3.63) is 29.3 Å². The van der Waals surface area contributed by atoms with Crippen LogP contribution in [0, 0.1) is 17.8 Å². The molecule has 0 unspecified atom stereocenters. The van der Waals surface area contributed by atoms with Gasteiger partial charge in [0.05, 0.1) is 10.8 Å². The number of sulfonamides is 1. The number of fused-ring (bicyclic) bond motifs is 2. The number of benzene rings is 1. The summed E-state index contributed by atoms with van der Waals surface area (Å²) in [7, 11) is -3.59. The van der Waals surface area contributed by atoms with Crippen LogP contribution in [0.15, 0.2) is 29.2 Å². The highest BCUT2D eigenvalue weighted by Gasteiger charge is 2.41. The topological polar surface area (TPSA) is 66.5 Å². The minimum atomic E-state index is -3.59. The van der Waals surface area contributed by atoms with E-state index in [1.54, 1.807) is 12.1 Å². The van der Waals surface area contributed by atoms with Crippen LogP contribution in [0.2, 0.25) is 5.02 Å². The van der Waals surface area contributed by atoms with Gasteiger partial charge in [0.25, 0.3) is 0 Å². The number of rotatable bonds is 4. The Bertz CT molecular complexity index is 780. The molecule has 1 aliphatic heterocycles. The van der Waals surface area contributed by atoms with Gasteiger partial charge in [0, 0.05) is 24.2 Å². The molecule has 4 rings (SSSR count). The van der Waals surface area contributed by atoms with Crippen LogP contribution in [0.1, 0.15) is 38.5 Å². The van der Waals surface area contributed by atoms with Crippen molar-refractivity contribution in [2.75, 3.05) is 13.1 Å². The second kappa shape index (κ2) is 7.13. The highest BCUT2D eigenvalue weighted by atomic mass is 35.5. The van der Waals surface area contributed by atoms with Crippen molar-refractivity contribution in [2.45, 2.75) is 49.5 Å². The van der Waals surface area contributed by atoms with E-state index in [1.807, 2.05) is 0 Å². The number of amides is 1. The molecule has 5 nitrogen and oxygen atoms in total. The van der Waals surface area contributed by atoms with Gasteiger partial charge >= 0.3 is 0 Å². The number of hydrogen-bond donors (Lipinski definition) is 1. The van der Waals surface area contributed by atoms with E-state index in [4.69, 9.17) is 11.6 Å². The van der Waals surface area contributed by atoms with Gasteiger partial charge in [0.2, 0.25) is 15.9 Å². The van der Waals surface area contributed by atoms with Gasteiger partial charge in [-0.25, -0.2) is 8.42 Å². The Morgan fingerprint density at radius 1 is 1.12 bits per heavy atom. The minimum Gasteiger partial charge on any atom is -0.353 e. The lowest BCUT2D eigenvalue weighted by Gasteiger charge is -2.33. The van der Waals surface area contributed by atoms with Crippen LogP contribution in [0.5, 0.6) is 0 Å². The van der Waals surface area contributed by atoms with Gasteiger partial charge in [-0.3, -0.25) is 4.79 Å². The fraction of sp³-hybridized carbons (Fsp3) is 0.632. The highest BCUT2D eigenvalue weighted by Crippen LogP contribution is 2.44. The van der Waals surface area contributed by atoms with Crippen molar-refractivity contribution in [1.29, 1.82) is 0 Å².